The Kier molecular flexibility index (Phi) is 5.20. The average Bonchev–Trinajstić information content (AvgIpc) is 2.28. The van der Waals surface area contributed by atoms with Gasteiger partial charge >= 0.3 is 5.97 Å². The molecule has 0 saturated carbocycles. The van der Waals surface area contributed by atoms with E-state index in [1.807, 2.05) is 27.7 Å². The molecule has 1 aromatic carbocycles. The van der Waals surface area contributed by atoms with Gasteiger partial charge in [-0.25, -0.2) is 0 Å². The lowest BCUT2D eigenvalue weighted by Crippen LogP contribution is -2.17. The molecule has 0 heterocycles. The molecule has 1 atom stereocenters. The van der Waals surface area contributed by atoms with E-state index in [2.05, 4.69) is 12.1 Å². The number of methoxy groups -OCH3 is 1. The van der Waals surface area contributed by atoms with Crippen LogP contribution < -0.4 is 4.74 Å². The summed E-state index contributed by atoms with van der Waals surface area (Å²) in [7, 11) is 1.68. The zero-order valence-corrected chi connectivity index (χ0v) is 11.9. The number of aryl methyl sites for hydroxylation is 2. The van der Waals surface area contributed by atoms with E-state index in [4.69, 9.17) is 9.47 Å². The number of carbonyl (C=O) groups is 1. The Bertz CT molecular complexity index is 401. The summed E-state index contributed by atoms with van der Waals surface area (Å²) < 4.78 is 10.3. The Balaban J connectivity index is 2.83. The maximum atomic E-state index is 11.6. The van der Waals surface area contributed by atoms with Gasteiger partial charge in [-0.15, -0.1) is 0 Å². The second kappa shape index (κ2) is 6.43. The molecule has 0 radical (unpaired) electrons. The summed E-state index contributed by atoms with van der Waals surface area (Å²) in [5, 5.41) is 0. The van der Waals surface area contributed by atoms with Crippen molar-refractivity contribution >= 4 is 5.97 Å². The van der Waals surface area contributed by atoms with Crippen LogP contribution in [0.25, 0.3) is 0 Å². The Morgan fingerprint density at radius 2 is 1.83 bits per heavy atom. The number of hydrogen-bond acceptors (Lipinski definition) is 3. The summed E-state index contributed by atoms with van der Waals surface area (Å²) >= 11 is 0. The summed E-state index contributed by atoms with van der Waals surface area (Å²) in [4.78, 5) is 11.6. The number of hydrogen-bond donors (Lipinski definition) is 0. The Morgan fingerprint density at radius 1 is 1.28 bits per heavy atom. The van der Waals surface area contributed by atoms with Gasteiger partial charge in [-0.1, -0.05) is 19.1 Å². The van der Waals surface area contributed by atoms with Gasteiger partial charge in [0, 0.05) is 0 Å². The van der Waals surface area contributed by atoms with E-state index in [-0.39, 0.29) is 11.9 Å². The lowest BCUT2D eigenvalue weighted by atomic mass is 9.97. The van der Waals surface area contributed by atoms with E-state index < -0.39 is 0 Å². The van der Waals surface area contributed by atoms with Crippen LogP contribution in [0.15, 0.2) is 12.1 Å². The van der Waals surface area contributed by atoms with E-state index in [9.17, 15) is 4.79 Å². The van der Waals surface area contributed by atoms with Crippen molar-refractivity contribution in [1.82, 2.24) is 0 Å². The first-order valence-corrected chi connectivity index (χ1v) is 6.30. The van der Waals surface area contributed by atoms with Gasteiger partial charge in [0.1, 0.15) is 5.75 Å². The van der Waals surface area contributed by atoms with E-state index in [0.29, 0.717) is 13.0 Å². The van der Waals surface area contributed by atoms with Crippen LogP contribution in [0.2, 0.25) is 0 Å². The molecule has 0 amide bonds. The quantitative estimate of drug-likeness (QED) is 0.753. The summed E-state index contributed by atoms with van der Waals surface area (Å²) in [6.07, 6.45) is 0.699. The predicted octanol–water partition coefficient (Wildman–Crippen LogP) is 3.05. The molecule has 0 aliphatic carbocycles. The van der Waals surface area contributed by atoms with Crippen molar-refractivity contribution in [3.05, 3.63) is 28.8 Å². The molecule has 0 N–H and O–H groups in total. The Labute approximate surface area is 109 Å². The zero-order valence-electron chi connectivity index (χ0n) is 11.9. The van der Waals surface area contributed by atoms with Gasteiger partial charge in [0.05, 0.1) is 19.6 Å². The third-order valence-corrected chi connectivity index (χ3v) is 2.96. The maximum absolute atomic E-state index is 11.6. The topological polar surface area (TPSA) is 35.5 Å². The molecule has 0 aliphatic heterocycles. The van der Waals surface area contributed by atoms with Crippen molar-refractivity contribution in [3.63, 3.8) is 0 Å². The largest absolute Gasteiger partial charge is 0.496 e. The highest BCUT2D eigenvalue weighted by Gasteiger charge is 2.15. The second-order valence-corrected chi connectivity index (χ2v) is 4.62. The van der Waals surface area contributed by atoms with Gasteiger partial charge in [0.25, 0.3) is 0 Å². The standard InChI is InChI=1S/C15H22O3/c1-6-18-15(16)12(4)9-13-7-10(2)14(17-5)11(3)8-13/h7-8,12H,6,9H2,1-5H3. The molecule has 0 fully saturated rings. The van der Waals surface area contributed by atoms with Gasteiger partial charge in [-0.3, -0.25) is 4.79 Å². The van der Waals surface area contributed by atoms with Crippen molar-refractivity contribution in [2.24, 2.45) is 5.92 Å². The zero-order chi connectivity index (χ0) is 13.7. The molecule has 1 rings (SSSR count). The first-order chi connectivity index (χ1) is 8.49. The van der Waals surface area contributed by atoms with Crippen molar-refractivity contribution < 1.29 is 14.3 Å². The summed E-state index contributed by atoms with van der Waals surface area (Å²) in [5.74, 6) is 0.670. The predicted molar refractivity (Wildman–Crippen MR) is 72.0 cm³/mol. The van der Waals surface area contributed by atoms with E-state index >= 15 is 0 Å². The molecule has 0 spiro atoms. The van der Waals surface area contributed by atoms with Crippen LogP contribution in [0.5, 0.6) is 5.75 Å². The van der Waals surface area contributed by atoms with Crippen molar-refractivity contribution in [2.45, 2.75) is 34.1 Å². The third kappa shape index (κ3) is 3.49. The number of carbonyl (C=O) groups excluding carboxylic acids is 1. The fourth-order valence-corrected chi connectivity index (χ4v) is 2.20. The molecular weight excluding hydrogens is 228 g/mol. The average molecular weight is 250 g/mol. The van der Waals surface area contributed by atoms with Crippen molar-refractivity contribution in [1.29, 1.82) is 0 Å². The lowest BCUT2D eigenvalue weighted by Gasteiger charge is -2.14. The highest BCUT2D eigenvalue weighted by molar-refractivity contribution is 5.72. The minimum Gasteiger partial charge on any atom is -0.496 e. The fraction of sp³-hybridized carbons (Fsp3) is 0.533. The normalized spacial score (nSPS) is 12.1. The van der Waals surface area contributed by atoms with E-state index in [1.54, 1.807) is 7.11 Å². The third-order valence-electron chi connectivity index (χ3n) is 2.96. The smallest absolute Gasteiger partial charge is 0.308 e. The van der Waals surface area contributed by atoms with Gasteiger partial charge < -0.3 is 9.47 Å². The summed E-state index contributed by atoms with van der Waals surface area (Å²) in [5.41, 5.74) is 3.35. The molecule has 0 aromatic heterocycles. The number of rotatable bonds is 5. The van der Waals surface area contributed by atoms with E-state index in [1.165, 1.54) is 0 Å². The lowest BCUT2D eigenvalue weighted by molar-refractivity contribution is -0.147. The van der Waals surface area contributed by atoms with Crippen LogP contribution >= 0.6 is 0 Å². The Hall–Kier alpha value is -1.51. The number of ether oxygens (including phenoxy) is 2. The van der Waals surface area contributed by atoms with E-state index in [0.717, 1.165) is 22.4 Å². The van der Waals surface area contributed by atoms with Gasteiger partial charge in [-0.05, 0) is 43.9 Å². The van der Waals surface area contributed by atoms with Crippen molar-refractivity contribution in [3.8, 4) is 5.75 Å². The van der Waals surface area contributed by atoms with Crippen LogP contribution in [0, 0.1) is 19.8 Å². The summed E-state index contributed by atoms with van der Waals surface area (Å²) in [6.45, 7) is 8.19. The number of benzene rings is 1. The maximum Gasteiger partial charge on any atom is 0.308 e. The minimum atomic E-state index is -0.136. The van der Waals surface area contributed by atoms with Crippen molar-refractivity contribution in [2.75, 3.05) is 13.7 Å². The molecule has 3 heteroatoms. The highest BCUT2D eigenvalue weighted by Crippen LogP contribution is 2.25. The van der Waals surface area contributed by atoms with Crippen LogP contribution in [0.1, 0.15) is 30.5 Å². The number of esters is 1. The molecule has 0 bridgehead atoms. The highest BCUT2D eigenvalue weighted by atomic mass is 16.5. The first-order valence-electron chi connectivity index (χ1n) is 6.30. The van der Waals surface area contributed by atoms with Crippen LogP contribution in [-0.4, -0.2) is 19.7 Å². The molecule has 1 unspecified atom stereocenters. The molecular formula is C15H22O3. The molecule has 18 heavy (non-hydrogen) atoms. The van der Waals surface area contributed by atoms with Gasteiger partial charge in [0.2, 0.25) is 0 Å². The molecule has 0 saturated heterocycles. The SMILES string of the molecule is CCOC(=O)C(C)Cc1cc(C)c(OC)c(C)c1. The van der Waals surface area contributed by atoms with Gasteiger partial charge in [0.15, 0.2) is 0 Å². The van der Waals surface area contributed by atoms with Crippen LogP contribution in [0.4, 0.5) is 0 Å². The fourth-order valence-electron chi connectivity index (χ4n) is 2.20. The summed E-state index contributed by atoms with van der Waals surface area (Å²) in [6, 6.07) is 4.14. The molecule has 0 aliphatic rings. The van der Waals surface area contributed by atoms with Gasteiger partial charge in [-0.2, -0.15) is 0 Å². The first kappa shape index (κ1) is 14.6. The van der Waals surface area contributed by atoms with Crippen LogP contribution in [0.3, 0.4) is 0 Å². The molecule has 100 valence electrons. The molecule has 1 aromatic rings. The second-order valence-electron chi connectivity index (χ2n) is 4.62. The minimum absolute atomic E-state index is 0.114. The monoisotopic (exact) mass is 250 g/mol. The van der Waals surface area contributed by atoms with Crippen LogP contribution in [-0.2, 0) is 16.0 Å². The Morgan fingerprint density at radius 3 is 2.28 bits per heavy atom. The molecule has 3 nitrogen and oxygen atoms in total.